The zero-order valence-corrected chi connectivity index (χ0v) is 15.7. The van der Waals surface area contributed by atoms with Gasteiger partial charge < -0.3 is 10.2 Å². The molecule has 0 amide bonds. The second-order valence-electron chi connectivity index (χ2n) is 4.47. The van der Waals surface area contributed by atoms with Gasteiger partial charge >= 0.3 is 11.9 Å². The largest absolute Gasteiger partial charge is 0.480 e. The zero-order chi connectivity index (χ0) is 16.1. The lowest BCUT2D eigenvalue weighted by Gasteiger charge is -2.08. The van der Waals surface area contributed by atoms with E-state index >= 15 is 0 Å². The van der Waals surface area contributed by atoms with Crippen molar-refractivity contribution >= 4 is 55.1 Å². The summed E-state index contributed by atoms with van der Waals surface area (Å²) in [6, 6.07) is 0. The maximum atomic E-state index is 10.8. The summed E-state index contributed by atoms with van der Waals surface area (Å²) in [6.45, 7) is 3.60. The monoisotopic (exact) mass is 372 g/mol. The second-order valence-corrected chi connectivity index (χ2v) is 9.98. The first-order valence-corrected chi connectivity index (χ1v) is 11.8. The molecule has 0 aromatic carbocycles. The van der Waals surface area contributed by atoms with Crippen LogP contribution in [-0.4, -0.2) is 44.2 Å². The summed E-state index contributed by atoms with van der Waals surface area (Å²) in [6.07, 6.45) is 5.18. The molecule has 21 heavy (non-hydrogen) atoms. The standard InChI is InChI=1S/C13H24O4S4/c1-3-11(13(16)17)21-19-9-7-5-4-6-8-18-20-10(2)12(14)15/h10-11H,3-9H2,1-2H3,(H,14,15)(H,16,17). The summed E-state index contributed by atoms with van der Waals surface area (Å²) < 4.78 is 0. The van der Waals surface area contributed by atoms with Crippen molar-refractivity contribution in [2.75, 3.05) is 11.5 Å². The van der Waals surface area contributed by atoms with E-state index in [4.69, 9.17) is 10.2 Å². The predicted octanol–water partition coefficient (Wildman–Crippen LogP) is 4.65. The van der Waals surface area contributed by atoms with E-state index in [1.807, 2.05) is 6.92 Å². The Labute approximate surface area is 142 Å². The molecule has 2 atom stereocenters. The molecule has 0 aliphatic heterocycles. The summed E-state index contributed by atoms with van der Waals surface area (Å²) in [5, 5.41) is 17.0. The van der Waals surface area contributed by atoms with E-state index in [1.54, 1.807) is 28.5 Å². The van der Waals surface area contributed by atoms with Crippen LogP contribution in [0.4, 0.5) is 0 Å². The predicted molar refractivity (Wildman–Crippen MR) is 97.4 cm³/mol. The van der Waals surface area contributed by atoms with Crippen LogP contribution in [0.15, 0.2) is 0 Å². The highest BCUT2D eigenvalue weighted by Crippen LogP contribution is 2.30. The molecule has 0 rings (SSSR count). The number of hydrogen-bond acceptors (Lipinski definition) is 6. The lowest BCUT2D eigenvalue weighted by atomic mass is 10.2. The maximum absolute atomic E-state index is 10.8. The molecular formula is C13H24O4S4. The molecule has 0 heterocycles. The number of aliphatic carboxylic acids is 2. The molecule has 0 aromatic rings. The Bertz CT molecular complexity index is 302. The molecule has 0 fully saturated rings. The minimum atomic E-state index is -0.756. The average Bonchev–Trinajstić information content (AvgIpc) is 2.44. The molecule has 0 saturated heterocycles. The first-order valence-electron chi connectivity index (χ1n) is 7.01. The van der Waals surface area contributed by atoms with Gasteiger partial charge in [-0.25, -0.2) is 0 Å². The van der Waals surface area contributed by atoms with Crippen molar-refractivity contribution in [3.63, 3.8) is 0 Å². The Morgan fingerprint density at radius 2 is 1.43 bits per heavy atom. The lowest BCUT2D eigenvalue weighted by molar-refractivity contribution is -0.137. The molecule has 0 radical (unpaired) electrons. The maximum Gasteiger partial charge on any atom is 0.317 e. The summed E-state index contributed by atoms with van der Waals surface area (Å²) >= 11 is 0. The van der Waals surface area contributed by atoms with Gasteiger partial charge in [-0.05, 0) is 26.2 Å². The van der Waals surface area contributed by atoms with Gasteiger partial charge in [0.1, 0.15) is 10.5 Å². The van der Waals surface area contributed by atoms with Crippen molar-refractivity contribution < 1.29 is 19.8 Å². The molecule has 8 heteroatoms. The van der Waals surface area contributed by atoms with Crippen molar-refractivity contribution in [1.29, 1.82) is 0 Å². The number of hydrogen-bond donors (Lipinski definition) is 2. The Balaban J connectivity index is 3.30. The van der Waals surface area contributed by atoms with Crippen molar-refractivity contribution in [1.82, 2.24) is 0 Å². The van der Waals surface area contributed by atoms with Gasteiger partial charge in [0.25, 0.3) is 0 Å². The van der Waals surface area contributed by atoms with Crippen LogP contribution >= 0.6 is 43.2 Å². The van der Waals surface area contributed by atoms with Crippen molar-refractivity contribution in [2.24, 2.45) is 0 Å². The van der Waals surface area contributed by atoms with Crippen LogP contribution < -0.4 is 0 Å². The van der Waals surface area contributed by atoms with E-state index in [0.29, 0.717) is 6.42 Å². The molecule has 2 N–H and O–H groups in total. The number of carboxylic acids is 2. The molecule has 4 nitrogen and oxygen atoms in total. The van der Waals surface area contributed by atoms with Gasteiger partial charge in [-0.15, -0.1) is 0 Å². The first-order chi connectivity index (χ1) is 9.99. The lowest BCUT2D eigenvalue weighted by Crippen LogP contribution is -2.13. The third-order valence-electron chi connectivity index (χ3n) is 2.60. The fraction of sp³-hybridized carbons (Fsp3) is 0.846. The van der Waals surface area contributed by atoms with Crippen molar-refractivity contribution in [3.05, 3.63) is 0 Å². The summed E-state index contributed by atoms with van der Waals surface area (Å²) in [5.41, 5.74) is 0. The van der Waals surface area contributed by atoms with Crippen LogP contribution in [0.2, 0.25) is 0 Å². The second kappa shape index (κ2) is 14.0. The van der Waals surface area contributed by atoms with Gasteiger partial charge in [-0.1, -0.05) is 62.9 Å². The molecule has 0 aliphatic carbocycles. The van der Waals surface area contributed by atoms with Crippen LogP contribution in [0, 0.1) is 0 Å². The molecule has 0 aliphatic rings. The molecule has 124 valence electrons. The minimum Gasteiger partial charge on any atom is -0.480 e. The van der Waals surface area contributed by atoms with Crippen LogP contribution in [0.1, 0.15) is 46.0 Å². The fourth-order valence-electron chi connectivity index (χ4n) is 1.28. The highest BCUT2D eigenvalue weighted by Gasteiger charge is 2.15. The van der Waals surface area contributed by atoms with Crippen LogP contribution in [0.25, 0.3) is 0 Å². The third kappa shape index (κ3) is 12.6. The van der Waals surface area contributed by atoms with Crippen LogP contribution in [0.3, 0.4) is 0 Å². The SMILES string of the molecule is CCC(SSCCCCCCSSC(C)C(=O)O)C(=O)O. The average molecular weight is 373 g/mol. The number of unbranched alkanes of at least 4 members (excludes halogenated alkanes) is 3. The topological polar surface area (TPSA) is 74.6 Å². The third-order valence-corrected chi connectivity index (χ3v) is 8.42. The van der Waals surface area contributed by atoms with E-state index in [-0.39, 0.29) is 10.5 Å². The number of carbonyl (C=O) groups is 2. The van der Waals surface area contributed by atoms with Gasteiger partial charge in [-0.2, -0.15) is 0 Å². The minimum absolute atomic E-state index is 0.292. The van der Waals surface area contributed by atoms with Crippen LogP contribution in [0.5, 0.6) is 0 Å². The number of rotatable bonds is 14. The van der Waals surface area contributed by atoms with E-state index in [0.717, 1.165) is 37.2 Å². The Morgan fingerprint density at radius 3 is 1.86 bits per heavy atom. The normalized spacial score (nSPS) is 13.8. The number of carboxylic acid groups (broad SMARTS) is 2. The highest BCUT2D eigenvalue weighted by molar-refractivity contribution is 8.77. The van der Waals surface area contributed by atoms with Gasteiger partial charge in [0.2, 0.25) is 0 Å². The van der Waals surface area contributed by atoms with Gasteiger partial charge in [0, 0.05) is 11.5 Å². The van der Waals surface area contributed by atoms with E-state index in [1.165, 1.54) is 21.6 Å². The quantitative estimate of drug-likeness (QED) is 0.337. The molecule has 0 saturated carbocycles. The Kier molecular flexibility index (Phi) is 14.2. The summed E-state index contributed by atoms with van der Waals surface area (Å²) in [5.74, 6) is 0.502. The van der Waals surface area contributed by atoms with E-state index in [2.05, 4.69) is 0 Å². The molecule has 0 spiro atoms. The Morgan fingerprint density at radius 1 is 0.905 bits per heavy atom. The van der Waals surface area contributed by atoms with Gasteiger partial charge in [0.05, 0.1) is 0 Å². The van der Waals surface area contributed by atoms with E-state index < -0.39 is 11.9 Å². The summed E-state index contributed by atoms with van der Waals surface area (Å²) in [7, 11) is 6.16. The molecular weight excluding hydrogens is 348 g/mol. The highest BCUT2D eigenvalue weighted by atomic mass is 33.1. The molecule has 0 bridgehead atoms. The van der Waals surface area contributed by atoms with Gasteiger partial charge in [0.15, 0.2) is 0 Å². The zero-order valence-electron chi connectivity index (χ0n) is 12.4. The first kappa shape index (κ1) is 21.3. The smallest absolute Gasteiger partial charge is 0.317 e. The van der Waals surface area contributed by atoms with Crippen molar-refractivity contribution in [2.45, 2.75) is 56.5 Å². The van der Waals surface area contributed by atoms with Crippen molar-refractivity contribution in [3.8, 4) is 0 Å². The van der Waals surface area contributed by atoms with Gasteiger partial charge in [-0.3, -0.25) is 9.59 Å². The summed E-state index contributed by atoms with van der Waals surface area (Å²) in [4.78, 5) is 21.4. The Hall–Kier alpha value is 0.340. The molecule has 0 aromatic heterocycles. The molecule has 2 unspecified atom stereocenters. The fourth-order valence-corrected chi connectivity index (χ4v) is 6.08. The van der Waals surface area contributed by atoms with Crippen LogP contribution in [-0.2, 0) is 9.59 Å². The van der Waals surface area contributed by atoms with E-state index in [9.17, 15) is 9.59 Å².